The summed E-state index contributed by atoms with van der Waals surface area (Å²) in [7, 11) is 0. The van der Waals surface area contributed by atoms with Crippen molar-refractivity contribution in [2.75, 3.05) is 5.32 Å². The molecule has 0 spiro atoms. The van der Waals surface area contributed by atoms with Gasteiger partial charge in [0.15, 0.2) is 5.65 Å². The van der Waals surface area contributed by atoms with Gasteiger partial charge in [0.25, 0.3) is 5.91 Å². The Balaban J connectivity index is 1.74. The summed E-state index contributed by atoms with van der Waals surface area (Å²) >= 11 is 0. The number of fused-ring (bicyclic) bond motifs is 1. The molecule has 1 aromatic carbocycles. The molecule has 0 unspecified atom stereocenters. The smallest absolute Gasteiger partial charge is 0.417 e. The zero-order chi connectivity index (χ0) is 20.6. The number of carbonyl (C=O) groups is 1. The van der Waals surface area contributed by atoms with Gasteiger partial charge in [-0.15, -0.1) is 0 Å². The maximum atomic E-state index is 13.3. The Morgan fingerprint density at radius 1 is 1.07 bits per heavy atom. The van der Waals surface area contributed by atoms with E-state index in [1.807, 2.05) is 0 Å². The number of nitrogens with zero attached hydrogens (tertiary/aromatic N) is 5. The van der Waals surface area contributed by atoms with Gasteiger partial charge in [0.2, 0.25) is 5.88 Å². The first-order valence-electron chi connectivity index (χ1n) is 8.16. The van der Waals surface area contributed by atoms with Crippen molar-refractivity contribution >= 4 is 17.4 Å². The first-order valence-corrected chi connectivity index (χ1v) is 8.16. The summed E-state index contributed by atoms with van der Waals surface area (Å²) in [5.74, 6) is -0.809. The molecule has 1 amide bonds. The summed E-state index contributed by atoms with van der Waals surface area (Å²) in [5.41, 5.74) is -0.703. The van der Waals surface area contributed by atoms with E-state index in [-0.39, 0.29) is 34.3 Å². The molecule has 11 heteroatoms. The molecule has 0 bridgehead atoms. The van der Waals surface area contributed by atoms with Crippen LogP contribution in [0.1, 0.15) is 16.1 Å². The summed E-state index contributed by atoms with van der Waals surface area (Å²) in [6.07, 6.45) is -1.07. The fourth-order valence-electron chi connectivity index (χ4n) is 2.69. The van der Waals surface area contributed by atoms with E-state index >= 15 is 0 Å². The Labute approximate surface area is 160 Å². The molecule has 0 aliphatic carbocycles. The molecule has 0 radical (unpaired) electrons. The van der Waals surface area contributed by atoms with Crippen molar-refractivity contribution in [3.63, 3.8) is 0 Å². The Kier molecular flexibility index (Phi) is 4.34. The number of anilines is 1. The van der Waals surface area contributed by atoms with E-state index < -0.39 is 17.6 Å². The zero-order valence-corrected chi connectivity index (χ0v) is 14.4. The summed E-state index contributed by atoms with van der Waals surface area (Å²) in [5, 5.41) is 15.9. The third kappa shape index (κ3) is 3.57. The van der Waals surface area contributed by atoms with Gasteiger partial charge in [0.1, 0.15) is 11.5 Å². The van der Waals surface area contributed by atoms with Crippen LogP contribution in [0, 0.1) is 0 Å². The second-order valence-corrected chi connectivity index (χ2v) is 5.89. The molecule has 0 saturated heterocycles. The summed E-state index contributed by atoms with van der Waals surface area (Å²) in [4.78, 5) is 23.7. The van der Waals surface area contributed by atoms with Crippen LogP contribution in [-0.2, 0) is 6.18 Å². The third-order valence-corrected chi connectivity index (χ3v) is 3.98. The average Bonchev–Trinajstić information content (AvgIpc) is 3.13. The van der Waals surface area contributed by atoms with Gasteiger partial charge in [-0.3, -0.25) is 4.79 Å². The van der Waals surface area contributed by atoms with Crippen molar-refractivity contribution in [1.82, 2.24) is 24.6 Å². The molecule has 3 heterocycles. The maximum Gasteiger partial charge on any atom is 0.417 e. The topological polar surface area (TPSA) is 105 Å². The van der Waals surface area contributed by atoms with E-state index in [2.05, 4.69) is 25.4 Å². The van der Waals surface area contributed by atoms with E-state index in [1.165, 1.54) is 41.0 Å². The predicted molar refractivity (Wildman–Crippen MR) is 95.1 cm³/mol. The number of halogens is 3. The van der Waals surface area contributed by atoms with E-state index in [4.69, 9.17) is 5.11 Å². The fraction of sp³-hybridized carbons (Fsp3) is 0.0556. The van der Waals surface area contributed by atoms with Gasteiger partial charge in [0, 0.05) is 17.8 Å². The van der Waals surface area contributed by atoms with Crippen LogP contribution in [0.2, 0.25) is 0 Å². The van der Waals surface area contributed by atoms with E-state index in [0.717, 1.165) is 18.5 Å². The van der Waals surface area contributed by atoms with Gasteiger partial charge in [-0.2, -0.15) is 22.8 Å². The number of alkyl halides is 3. The van der Waals surface area contributed by atoms with Gasteiger partial charge >= 0.3 is 6.18 Å². The Hall–Kier alpha value is -4.02. The largest absolute Gasteiger partial charge is 0.492 e. The molecule has 8 nitrogen and oxygen atoms in total. The van der Waals surface area contributed by atoms with E-state index in [1.54, 1.807) is 0 Å². The van der Waals surface area contributed by atoms with Gasteiger partial charge < -0.3 is 10.4 Å². The normalized spacial score (nSPS) is 11.6. The highest BCUT2D eigenvalue weighted by molar-refractivity contribution is 6.02. The minimum absolute atomic E-state index is 0.0524. The zero-order valence-electron chi connectivity index (χ0n) is 14.4. The molecule has 0 aliphatic rings. The number of hydrogen-bond donors (Lipinski definition) is 2. The van der Waals surface area contributed by atoms with Crippen LogP contribution in [0.4, 0.5) is 19.0 Å². The number of amides is 1. The van der Waals surface area contributed by atoms with Crippen LogP contribution in [0.15, 0.2) is 55.0 Å². The van der Waals surface area contributed by atoms with Crippen molar-refractivity contribution in [2.24, 2.45) is 0 Å². The van der Waals surface area contributed by atoms with Gasteiger partial charge in [-0.1, -0.05) is 18.2 Å². The molecule has 4 rings (SSSR count). The third-order valence-electron chi connectivity index (χ3n) is 3.98. The van der Waals surface area contributed by atoms with Crippen molar-refractivity contribution in [1.29, 1.82) is 0 Å². The Morgan fingerprint density at radius 2 is 1.86 bits per heavy atom. The lowest BCUT2D eigenvalue weighted by Gasteiger charge is -2.10. The predicted octanol–water partition coefficient (Wildman–Crippen LogP) is 3.16. The highest BCUT2D eigenvalue weighted by atomic mass is 19.4. The summed E-state index contributed by atoms with van der Waals surface area (Å²) in [6.45, 7) is 0. The molecule has 0 aliphatic heterocycles. The molecule has 4 aromatic rings. The minimum atomic E-state index is -4.55. The lowest BCUT2D eigenvalue weighted by molar-refractivity contribution is -0.137. The molecule has 0 atom stereocenters. The van der Waals surface area contributed by atoms with Crippen LogP contribution >= 0.6 is 0 Å². The number of aromatic nitrogens is 5. The molecule has 3 aromatic heterocycles. The van der Waals surface area contributed by atoms with Crippen molar-refractivity contribution < 1.29 is 23.1 Å². The van der Waals surface area contributed by atoms with E-state index in [0.29, 0.717) is 0 Å². The monoisotopic (exact) mass is 400 g/mol. The quantitative estimate of drug-likeness (QED) is 0.547. The van der Waals surface area contributed by atoms with Crippen LogP contribution < -0.4 is 5.32 Å². The average molecular weight is 400 g/mol. The number of benzene rings is 1. The van der Waals surface area contributed by atoms with Gasteiger partial charge in [-0.25, -0.2) is 15.0 Å². The first-order chi connectivity index (χ1) is 13.8. The SMILES string of the molecule is O=C(Nc1ccnc2cc(-c3ccccc3C(F)(F)F)nn12)c1cnc(O)cn1. The molecule has 0 saturated carbocycles. The Bertz CT molecular complexity index is 1200. The molecule has 0 fully saturated rings. The first kappa shape index (κ1) is 18.3. The number of hydrogen-bond acceptors (Lipinski definition) is 6. The molecular formula is C18H11F3N6O2. The van der Waals surface area contributed by atoms with Crippen LogP contribution in [0.5, 0.6) is 5.88 Å². The maximum absolute atomic E-state index is 13.3. The molecule has 29 heavy (non-hydrogen) atoms. The second-order valence-electron chi connectivity index (χ2n) is 5.89. The highest BCUT2D eigenvalue weighted by Gasteiger charge is 2.34. The second kappa shape index (κ2) is 6.86. The standard InChI is InChI=1S/C18H11F3N6O2/c19-18(20,21)11-4-2-1-3-10(11)12-7-15-22-6-5-14(27(15)26-12)25-17(29)13-8-24-16(28)9-23-13/h1-9H,(H,24,28)(H,25,29). The van der Waals surface area contributed by atoms with Crippen molar-refractivity contribution in [3.8, 4) is 17.1 Å². The molecular weight excluding hydrogens is 389 g/mol. The fourth-order valence-corrected chi connectivity index (χ4v) is 2.69. The van der Waals surface area contributed by atoms with E-state index in [9.17, 15) is 18.0 Å². The summed E-state index contributed by atoms with van der Waals surface area (Å²) < 4.78 is 41.2. The van der Waals surface area contributed by atoms with Crippen LogP contribution in [0.25, 0.3) is 16.9 Å². The van der Waals surface area contributed by atoms with Gasteiger partial charge in [0.05, 0.1) is 23.7 Å². The lowest BCUT2D eigenvalue weighted by atomic mass is 10.0. The number of rotatable bonds is 3. The van der Waals surface area contributed by atoms with Crippen LogP contribution in [0.3, 0.4) is 0 Å². The van der Waals surface area contributed by atoms with Crippen molar-refractivity contribution in [2.45, 2.75) is 6.18 Å². The lowest BCUT2D eigenvalue weighted by Crippen LogP contribution is -2.16. The molecule has 146 valence electrons. The Morgan fingerprint density at radius 3 is 2.59 bits per heavy atom. The van der Waals surface area contributed by atoms with Crippen molar-refractivity contribution in [3.05, 3.63) is 66.2 Å². The van der Waals surface area contributed by atoms with Gasteiger partial charge in [-0.05, 0) is 12.1 Å². The number of carbonyl (C=O) groups excluding carboxylic acids is 1. The number of nitrogens with one attached hydrogen (secondary N) is 1. The highest BCUT2D eigenvalue weighted by Crippen LogP contribution is 2.36. The minimum Gasteiger partial charge on any atom is -0.492 e. The molecule has 2 N–H and O–H groups in total. The summed E-state index contributed by atoms with van der Waals surface area (Å²) in [6, 6.07) is 7.89. The van der Waals surface area contributed by atoms with Crippen LogP contribution in [-0.4, -0.2) is 35.6 Å². The number of aromatic hydroxyl groups is 1.